The van der Waals surface area contributed by atoms with Gasteiger partial charge in [-0.2, -0.15) is 0 Å². The summed E-state index contributed by atoms with van der Waals surface area (Å²) in [6.45, 7) is 7.71. The van der Waals surface area contributed by atoms with E-state index < -0.39 is 9.84 Å². The van der Waals surface area contributed by atoms with Crippen molar-refractivity contribution in [3.05, 3.63) is 58.6 Å². The van der Waals surface area contributed by atoms with Crippen molar-refractivity contribution < 1.29 is 22.6 Å². The number of hydrogen-bond donors (Lipinski definition) is 0. The van der Waals surface area contributed by atoms with Crippen molar-refractivity contribution in [1.29, 1.82) is 0 Å². The number of benzene rings is 2. The van der Waals surface area contributed by atoms with E-state index in [0.717, 1.165) is 22.0 Å². The smallest absolute Gasteiger partial charge is 0.203 e. The van der Waals surface area contributed by atoms with Crippen molar-refractivity contribution in [2.24, 2.45) is 0 Å². The highest BCUT2D eigenvalue weighted by Gasteiger charge is 2.32. The largest absolute Gasteiger partial charge is 0.493 e. The number of nitrogens with zero attached hydrogens (tertiary/aromatic N) is 2. The van der Waals surface area contributed by atoms with Crippen LogP contribution in [0.4, 0.5) is 5.13 Å². The van der Waals surface area contributed by atoms with Gasteiger partial charge in [-0.1, -0.05) is 32.9 Å². The minimum atomic E-state index is -3.36. The zero-order valence-electron chi connectivity index (χ0n) is 22.4. The van der Waals surface area contributed by atoms with Gasteiger partial charge in [-0.15, -0.1) is 11.3 Å². The molecule has 4 rings (SSSR count). The molecule has 7 nitrogen and oxygen atoms in total. The van der Waals surface area contributed by atoms with Gasteiger partial charge in [0, 0.05) is 24.9 Å². The van der Waals surface area contributed by atoms with Crippen LogP contribution < -0.4 is 19.1 Å². The molecule has 2 heterocycles. The first-order valence-electron chi connectivity index (χ1n) is 12.4. The van der Waals surface area contributed by atoms with Gasteiger partial charge in [0.1, 0.15) is 0 Å². The van der Waals surface area contributed by atoms with E-state index in [1.54, 1.807) is 44.8 Å². The van der Waals surface area contributed by atoms with Crippen molar-refractivity contribution in [3.8, 4) is 17.2 Å². The van der Waals surface area contributed by atoms with Crippen LogP contribution in [0.3, 0.4) is 0 Å². The molecular weight excluding hydrogens is 508 g/mol. The first kappa shape index (κ1) is 27.3. The quantitative estimate of drug-likeness (QED) is 0.371. The monoisotopic (exact) mass is 544 g/mol. The van der Waals surface area contributed by atoms with E-state index in [1.807, 2.05) is 24.3 Å². The van der Waals surface area contributed by atoms with Crippen LogP contribution in [0, 0.1) is 0 Å². The van der Waals surface area contributed by atoms with Crippen molar-refractivity contribution >= 4 is 26.3 Å². The lowest BCUT2D eigenvalue weighted by Gasteiger charge is -2.31. The summed E-state index contributed by atoms with van der Waals surface area (Å²) in [5.41, 5.74) is 3.08. The number of rotatable bonds is 8. The Kier molecular flexibility index (Phi) is 8.04. The minimum Gasteiger partial charge on any atom is -0.493 e. The summed E-state index contributed by atoms with van der Waals surface area (Å²) >= 11 is 1.59. The molecule has 200 valence electrons. The van der Waals surface area contributed by atoms with Crippen LogP contribution in [0.1, 0.15) is 50.4 Å². The number of hydrogen-bond acceptors (Lipinski definition) is 8. The fraction of sp³-hybridized carbons (Fsp3) is 0.464. The summed E-state index contributed by atoms with van der Waals surface area (Å²) in [7, 11) is 1.43. The van der Waals surface area contributed by atoms with Gasteiger partial charge in [0.2, 0.25) is 5.75 Å². The maximum atomic E-state index is 13.3. The van der Waals surface area contributed by atoms with E-state index in [2.05, 4.69) is 31.1 Å². The van der Waals surface area contributed by atoms with Crippen molar-refractivity contribution in [1.82, 2.24) is 4.98 Å². The van der Waals surface area contributed by atoms with E-state index in [1.165, 1.54) is 0 Å². The van der Waals surface area contributed by atoms with Gasteiger partial charge >= 0.3 is 0 Å². The van der Waals surface area contributed by atoms with E-state index in [0.29, 0.717) is 54.5 Å². The number of thiazole rings is 1. The summed E-state index contributed by atoms with van der Waals surface area (Å²) in [5, 5.41) is 2.61. The van der Waals surface area contributed by atoms with Crippen LogP contribution in [0.2, 0.25) is 0 Å². The second-order valence-corrected chi connectivity index (χ2v) is 13.4. The molecule has 0 unspecified atom stereocenters. The lowest BCUT2D eigenvalue weighted by Crippen LogP contribution is -2.39. The number of sulfone groups is 1. The molecule has 0 bridgehead atoms. The van der Waals surface area contributed by atoms with E-state index in [-0.39, 0.29) is 10.7 Å². The fourth-order valence-electron chi connectivity index (χ4n) is 4.66. The zero-order chi connectivity index (χ0) is 26.8. The van der Waals surface area contributed by atoms with Gasteiger partial charge < -0.3 is 19.1 Å². The summed E-state index contributed by atoms with van der Waals surface area (Å²) in [6.07, 6.45) is 1.80. The Hall–Kier alpha value is -2.78. The molecular formula is C28H36N2O5S2. The minimum absolute atomic E-state index is 0.00823. The lowest BCUT2D eigenvalue weighted by molar-refractivity contribution is 0.324. The molecule has 0 saturated carbocycles. The van der Waals surface area contributed by atoms with Crippen LogP contribution in [0.15, 0.2) is 46.7 Å². The van der Waals surface area contributed by atoms with Crippen LogP contribution in [0.5, 0.6) is 17.2 Å². The second-order valence-electron chi connectivity index (χ2n) is 10.3. The van der Waals surface area contributed by atoms with Crippen molar-refractivity contribution in [2.75, 3.05) is 39.3 Å². The maximum absolute atomic E-state index is 13.3. The Bertz CT molecular complexity index is 1290. The normalized spacial score (nSPS) is 15.0. The Balaban J connectivity index is 1.41. The Morgan fingerprint density at radius 3 is 2.08 bits per heavy atom. The SMILES string of the molecule is COc1cc(Cc2csc(N3CCC(S(=O)(=O)c4ccc(C(C)(C)C)cc4)CC3)n2)cc(OC)c1OC. The predicted octanol–water partition coefficient (Wildman–Crippen LogP) is 5.50. The number of aromatic nitrogens is 1. The Morgan fingerprint density at radius 2 is 1.57 bits per heavy atom. The predicted molar refractivity (Wildman–Crippen MR) is 149 cm³/mol. The molecule has 9 heteroatoms. The van der Waals surface area contributed by atoms with Gasteiger partial charge in [0.25, 0.3) is 0 Å². The molecule has 0 radical (unpaired) electrons. The molecule has 1 saturated heterocycles. The molecule has 2 aromatic carbocycles. The first-order valence-corrected chi connectivity index (χ1v) is 14.8. The Morgan fingerprint density at radius 1 is 0.973 bits per heavy atom. The number of anilines is 1. The van der Waals surface area contributed by atoms with E-state index >= 15 is 0 Å². The highest BCUT2D eigenvalue weighted by molar-refractivity contribution is 7.92. The molecule has 1 fully saturated rings. The van der Waals surface area contributed by atoms with Crippen LogP contribution in [-0.4, -0.2) is 53.1 Å². The van der Waals surface area contributed by atoms with Crippen molar-refractivity contribution in [3.63, 3.8) is 0 Å². The molecule has 0 amide bonds. The molecule has 0 aliphatic carbocycles. The van der Waals surface area contributed by atoms with Gasteiger partial charge in [0.15, 0.2) is 26.5 Å². The first-order chi connectivity index (χ1) is 17.6. The number of ether oxygens (including phenoxy) is 3. The Labute approximate surface area is 224 Å². The van der Waals surface area contributed by atoms with Crippen LogP contribution in [0.25, 0.3) is 0 Å². The van der Waals surface area contributed by atoms with Gasteiger partial charge in [-0.3, -0.25) is 0 Å². The number of piperidine rings is 1. The van der Waals surface area contributed by atoms with Crippen LogP contribution >= 0.6 is 11.3 Å². The second kappa shape index (κ2) is 10.9. The van der Waals surface area contributed by atoms with Gasteiger partial charge in [0.05, 0.1) is 37.2 Å². The maximum Gasteiger partial charge on any atom is 0.203 e. The highest BCUT2D eigenvalue weighted by Crippen LogP contribution is 2.39. The lowest BCUT2D eigenvalue weighted by atomic mass is 9.87. The molecule has 1 aromatic heterocycles. The summed E-state index contributed by atoms with van der Waals surface area (Å²) in [5.74, 6) is 1.79. The molecule has 0 atom stereocenters. The third-order valence-corrected chi connectivity index (χ3v) is 10.1. The third-order valence-electron chi connectivity index (χ3n) is 6.85. The topological polar surface area (TPSA) is 78.0 Å². The number of methoxy groups -OCH3 is 3. The fourth-order valence-corrected chi connectivity index (χ4v) is 7.27. The molecule has 0 spiro atoms. The van der Waals surface area contributed by atoms with E-state index in [9.17, 15) is 8.42 Å². The molecule has 1 aliphatic heterocycles. The molecule has 1 aliphatic rings. The molecule has 0 N–H and O–H groups in total. The summed E-state index contributed by atoms with van der Waals surface area (Å²) in [6, 6.07) is 11.3. The zero-order valence-corrected chi connectivity index (χ0v) is 24.0. The van der Waals surface area contributed by atoms with Gasteiger partial charge in [-0.25, -0.2) is 13.4 Å². The van der Waals surface area contributed by atoms with Gasteiger partial charge in [-0.05, 0) is 53.6 Å². The average molecular weight is 545 g/mol. The average Bonchev–Trinajstić information content (AvgIpc) is 3.36. The highest BCUT2D eigenvalue weighted by atomic mass is 32.2. The molecule has 37 heavy (non-hydrogen) atoms. The molecule has 3 aromatic rings. The third kappa shape index (κ3) is 5.88. The van der Waals surface area contributed by atoms with Crippen LogP contribution in [-0.2, 0) is 21.7 Å². The van der Waals surface area contributed by atoms with Crippen molar-refractivity contribution in [2.45, 2.75) is 55.6 Å². The van der Waals surface area contributed by atoms with E-state index in [4.69, 9.17) is 19.2 Å². The summed E-state index contributed by atoms with van der Waals surface area (Å²) in [4.78, 5) is 7.45. The standard InChI is InChI=1S/C28H36N2O5S2/c1-28(2,3)20-7-9-22(10-8-20)37(31,32)23-11-13-30(14-12-23)27-29-21(18-36-27)15-19-16-24(33-4)26(35-6)25(17-19)34-5/h7-10,16-18,23H,11-15H2,1-6H3. The summed E-state index contributed by atoms with van der Waals surface area (Å²) < 4.78 is 42.9.